The Morgan fingerprint density at radius 2 is 1.90 bits per heavy atom. The Bertz CT molecular complexity index is 551. The fourth-order valence-electron chi connectivity index (χ4n) is 2.93. The first-order valence-electron chi connectivity index (χ1n) is 6.34. The fraction of sp³-hybridized carbons (Fsp3) is 0.462. The molecule has 2 N–H and O–H groups in total. The van der Waals surface area contributed by atoms with Crippen molar-refractivity contribution < 1.29 is 22.7 Å². The van der Waals surface area contributed by atoms with Crippen molar-refractivity contribution in [1.82, 2.24) is 5.32 Å². The van der Waals surface area contributed by atoms with Crippen molar-refractivity contribution in [2.24, 2.45) is 0 Å². The average molecular weight is 286 g/mol. The number of rotatable bonds is 0. The summed E-state index contributed by atoms with van der Waals surface area (Å²) in [6.07, 6.45) is -4.51. The third kappa shape index (κ3) is 2.02. The number of amides is 1. The van der Waals surface area contributed by atoms with Crippen LogP contribution >= 0.6 is 0 Å². The van der Waals surface area contributed by atoms with E-state index in [1.165, 1.54) is 12.1 Å². The van der Waals surface area contributed by atoms with Crippen LogP contribution in [0.15, 0.2) is 18.2 Å². The van der Waals surface area contributed by atoms with E-state index in [9.17, 15) is 18.0 Å². The first-order chi connectivity index (χ1) is 9.42. The smallest absolute Gasteiger partial charge is 0.416 e. The van der Waals surface area contributed by atoms with E-state index < -0.39 is 23.4 Å². The zero-order chi connectivity index (χ0) is 14.4. The molecule has 108 valence electrons. The quantitative estimate of drug-likeness (QED) is 0.771. The van der Waals surface area contributed by atoms with Gasteiger partial charge in [-0.15, -0.1) is 0 Å². The molecule has 0 unspecified atom stereocenters. The number of anilines is 1. The van der Waals surface area contributed by atoms with E-state index in [-0.39, 0.29) is 11.3 Å². The number of fused-ring (bicyclic) bond motifs is 2. The normalized spacial score (nSPS) is 21.1. The maximum absolute atomic E-state index is 13.2. The van der Waals surface area contributed by atoms with Crippen LogP contribution in [0, 0.1) is 0 Å². The third-order valence-corrected chi connectivity index (χ3v) is 3.76. The molecule has 3 rings (SSSR count). The highest BCUT2D eigenvalue weighted by Crippen LogP contribution is 2.48. The van der Waals surface area contributed by atoms with Crippen LogP contribution in [0.4, 0.5) is 23.7 Å². The molecule has 0 aromatic heterocycles. The molecule has 4 nitrogen and oxygen atoms in total. The largest absolute Gasteiger partial charge is 0.438 e. The average Bonchev–Trinajstić information content (AvgIpc) is 2.37. The van der Waals surface area contributed by atoms with Crippen LogP contribution in [0.2, 0.25) is 0 Å². The summed E-state index contributed by atoms with van der Waals surface area (Å²) in [7, 11) is 0. The molecular formula is C13H13F3N2O2. The van der Waals surface area contributed by atoms with Crippen molar-refractivity contribution in [2.75, 3.05) is 18.4 Å². The first kappa shape index (κ1) is 13.2. The lowest BCUT2D eigenvalue weighted by Crippen LogP contribution is -2.48. The molecule has 2 aliphatic heterocycles. The monoisotopic (exact) mass is 286 g/mol. The molecule has 0 aliphatic carbocycles. The molecule has 1 amide bonds. The highest BCUT2D eigenvalue weighted by molar-refractivity contribution is 5.89. The van der Waals surface area contributed by atoms with Crippen molar-refractivity contribution in [3.05, 3.63) is 29.3 Å². The van der Waals surface area contributed by atoms with Gasteiger partial charge in [0.05, 0.1) is 11.3 Å². The Labute approximate surface area is 113 Å². The fourth-order valence-corrected chi connectivity index (χ4v) is 2.93. The van der Waals surface area contributed by atoms with Gasteiger partial charge in [0, 0.05) is 18.4 Å². The maximum atomic E-state index is 13.2. The topological polar surface area (TPSA) is 50.4 Å². The van der Waals surface area contributed by atoms with Gasteiger partial charge in [-0.1, -0.05) is 6.07 Å². The summed E-state index contributed by atoms with van der Waals surface area (Å²) >= 11 is 0. The number of hydrogen-bond acceptors (Lipinski definition) is 3. The standard InChI is InChI=1S/C13H13F3N2O2/c14-13(15,16)8-2-1-3-9-10(8)12(20-11(19)18-9)4-6-17-7-5-12/h1-3,17H,4-7H2,(H,18,19). The summed E-state index contributed by atoms with van der Waals surface area (Å²) in [5, 5.41) is 5.43. The van der Waals surface area contributed by atoms with E-state index in [0.29, 0.717) is 25.9 Å². The number of hydrogen-bond donors (Lipinski definition) is 2. The van der Waals surface area contributed by atoms with Crippen molar-refractivity contribution in [3.63, 3.8) is 0 Å². The number of carbonyl (C=O) groups is 1. The molecule has 7 heteroatoms. The number of halogens is 3. The summed E-state index contributed by atoms with van der Waals surface area (Å²) in [5.41, 5.74) is -1.68. The molecule has 1 aromatic carbocycles. The molecule has 1 fully saturated rings. The molecular weight excluding hydrogens is 273 g/mol. The molecule has 0 bridgehead atoms. The molecule has 1 aromatic rings. The summed E-state index contributed by atoms with van der Waals surface area (Å²) in [4.78, 5) is 11.6. The lowest BCUT2D eigenvalue weighted by Gasteiger charge is -2.42. The minimum atomic E-state index is -4.48. The summed E-state index contributed by atoms with van der Waals surface area (Å²) < 4.78 is 45.0. The van der Waals surface area contributed by atoms with E-state index in [1.54, 1.807) is 0 Å². The third-order valence-electron chi connectivity index (χ3n) is 3.76. The lowest BCUT2D eigenvalue weighted by atomic mass is 9.80. The highest BCUT2D eigenvalue weighted by atomic mass is 19.4. The SMILES string of the molecule is O=C1Nc2cccc(C(F)(F)F)c2C2(CCNCC2)O1. The Morgan fingerprint density at radius 3 is 2.55 bits per heavy atom. The van der Waals surface area contributed by atoms with E-state index in [4.69, 9.17) is 4.74 Å². The molecule has 2 aliphatic rings. The summed E-state index contributed by atoms with van der Waals surface area (Å²) in [6.45, 7) is 1.03. The van der Waals surface area contributed by atoms with Crippen molar-refractivity contribution in [2.45, 2.75) is 24.6 Å². The molecule has 1 spiro atoms. The van der Waals surface area contributed by atoms with Crippen molar-refractivity contribution in [1.29, 1.82) is 0 Å². The number of alkyl halides is 3. The van der Waals surface area contributed by atoms with Crippen molar-refractivity contribution in [3.8, 4) is 0 Å². The minimum Gasteiger partial charge on any atom is -0.438 e. The first-order valence-corrected chi connectivity index (χ1v) is 6.34. The van der Waals surface area contributed by atoms with Gasteiger partial charge in [-0.3, -0.25) is 5.32 Å². The highest BCUT2D eigenvalue weighted by Gasteiger charge is 2.48. The number of benzene rings is 1. The van der Waals surface area contributed by atoms with Crippen LogP contribution in [0.1, 0.15) is 24.0 Å². The number of carbonyl (C=O) groups excluding carboxylic acids is 1. The van der Waals surface area contributed by atoms with Gasteiger partial charge in [-0.25, -0.2) is 4.79 Å². The minimum absolute atomic E-state index is 0.0496. The van der Waals surface area contributed by atoms with E-state index in [1.807, 2.05) is 0 Å². The van der Waals surface area contributed by atoms with E-state index >= 15 is 0 Å². The van der Waals surface area contributed by atoms with Crippen molar-refractivity contribution >= 4 is 11.8 Å². The van der Waals surface area contributed by atoms with Crippen LogP contribution in [-0.2, 0) is 16.5 Å². The van der Waals surface area contributed by atoms with E-state index in [2.05, 4.69) is 10.6 Å². The Hall–Kier alpha value is -1.76. The predicted molar refractivity (Wildman–Crippen MR) is 65.3 cm³/mol. The zero-order valence-electron chi connectivity index (χ0n) is 10.5. The molecule has 20 heavy (non-hydrogen) atoms. The van der Waals surface area contributed by atoms with Gasteiger partial charge in [-0.05, 0) is 25.2 Å². The van der Waals surface area contributed by atoms with Gasteiger partial charge in [0.25, 0.3) is 0 Å². The maximum Gasteiger partial charge on any atom is 0.416 e. The number of ether oxygens (including phenoxy) is 1. The second-order valence-electron chi connectivity index (χ2n) is 4.98. The number of nitrogens with one attached hydrogen (secondary N) is 2. The summed E-state index contributed by atoms with van der Waals surface area (Å²) in [5.74, 6) is 0. The summed E-state index contributed by atoms with van der Waals surface area (Å²) in [6, 6.07) is 3.81. The number of piperidine rings is 1. The molecule has 0 saturated carbocycles. The van der Waals surface area contributed by atoms with E-state index in [0.717, 1.165) is 6.07 Å². The second kappa shape index (κ2) is 4.37. The molecule has 2 heterocycles. The Morgan fingerprint density at radius 1 is 1.20 bits per heavy atom. The van der Waals surface area contributed by atoms with Crippen LogP contribution < -0.4 is 10.6 Å². The zero-order valence-corrected chi connectivity index (χ0v) is 10.5. The van der Waals surface area contributed by atoms with Crippen LogP contribution in [-0.4, -0.2) is 19.2 Å². The van der Waals surface area contributed by atoms with Crippen LogP contribution in [0.5, 0.6) is 0 Å². The Kier molecular flexibility index (Phi) is 2.89. The van der Waals surface area contributed by atoms with Gasteiger partial charge >= 0.3 is 12.3 Å². The molecule has 1 saturated heterocycles. The predicted octanol–water partition coefficient (Wildman–Crippen LogP) is 2.85. The van der Waals surface area contributed by atoms with Gasteiger partial charge in [-0.2, -0.15) is 13.2 Å². The van der Waals surface area contributed by atoms with Crippen LogP contribution in [0.3, 0.4) is 0 Å². The second-order valence-corrected chi connectivity index (χ2v) is 4.98. The van der Waals surface area contributed by atoms with Gasteiger partial charge in [0.1, 0.15) is 5.60 Å². The van der Waals surface area contributed by atoms with Gasteiger partial charge < -0.3 is 10.1 Å². The van der Waals surface area contributed by atoms with Gasteiger partial charge in [0.2, 0.25) is 0 Å². The molecule has 0 radical (unpaired) electrons. The lowest BCUT2D eigenvalue weighted by molar-refractivity contribution is -0.141. The molecule has 0 atom stereocenters. The van der Waals surface area contributed by atoms with Gasteiger partial charge in [0.15, 0.2) is 0 Å². The van der Waals surface area contributed by atoms with Crippen LogP contribution in [0.25, 0.3) is 0 Å². The Balaban J connectivity index is 2.20.